The molecule has 1 N–H and O–H groups in total. The standard InChI is InChI=1S/C17H21N5O2/c1-20-13-15(12-18-20)19-17(24)22-9-7-21(8-10-22)16(23)11-14-5-3-2-4-6-14/h2-6,12-13H,7-11H2,1H3,(H,19,24). The number of aryl methyl sites for hydroxylation is 1. The van der Waals surface area contributed by atoms with E-state index in [1.54, 1.807) is 29.0 Å². The van der Waals surface area contributed by atoms with Gasteiger partial charge in [-0.2, -0.15) is 5.10 Å². The minimum Gasteiger partial charge on any atom is -0.339 e. The molecule has 1 aliphatic rings. The summed E-state index contributed by atoms with van der Waals surface area (Å²) in [7, 11) is 1.80. The number of hydrogen-bond donors (Lipinski definition) is 1. The first-order valence-electron chi connectivity index (χ1n) is 7.98. The molecule has 2 heterocycles. The maximum atomic E-state index is 12.3. The molecule has 3 rings (SSSR count). The van der Waals surface area contributed by atoms with Crippen molar-refractivity contribution in [3.63, 3.8) is 0 Å². The lowest BCUT2D eigenvalue weighted by Gasteiger charge is -2.34. The Morgan fingerprint density at radius 2 is 1.75 bits per heavy atom. The Kier molecular flexibility index (Phi) is 4.79. The zero-order valence-corrected chi connectivity index (χ0v) is 13.7. The Morgan fingerprint density at radius 3 is 2.38 bits per heavy atom. The third kappa shape index (κ3) is 3.92. The molecule has 1 saturated heterocycles. The number of carbonyl (C=O) groups is 2. The Labute approximate surface area is 140 Å². The summed E-state index contributed by atoms with van der Waals surface area (Å²) in [6.45, 7) is 2.19. The number of urea groups is 1. The quantitative estimate of drug-likeness (QED) is 0.925. The average Bonchev–Trinajstić information content (AvgIpc) is 3.00. The van der Waals surface area contributed by atoms with E-state index in [1.165, 1.54) is 0 Å². The van der Waals surface area contributed by atoms with E-state index in [0.29, 0.717) is 38.3 Å². The van der Waals surface area contributed by atoms with Crippen molar-refractivity contribution in [1.82, 2.24) is 19.6 Å². The molecule has 0 aliphatic carbocycles. The molecule has 7 nitrogen and oxygen atoms in total. The van der Waals surface area contributed by atoms with E-state index in [-0.39, 0.29) is 11.9 Å². The van der Waals surface area contributed by atoms with Crippen molar-refractivity contribution in [3.8, 4) is 0 Å². The van der Waals surface area contributed by atoms with Gasteiger partial charge in [-0.25, -0.2) is 4.79 Å². The summed E-state index contributed by atoms with van der Waals surface area (Å²) in [5, 5.41) is 6.84. The summed E-state index contributed by atoms with van der Waals surface area (Å²) in [5.74, 6) is 0.105. The van der Waals surface area contributed by atoms with Crippen molar-refractivity contribution in [3.05, 3.63) is 48.3 Å². The van der Waals surface area contributed by atoms with Gasteiger partial charge in [-0.3, -0.25) is 9.48 Å². The highest BCUT2D eigenvalue weighted by Crippen LogP contribution is 2.10. The van der Waals surface area contributed by atoms with Crippen LogP contribution in [0.3, 0.4) is 0 Å². The molecule has 0 bridgehead atoms. The van der Waals surface area contributed by atoms with E-state index in [4.69, 9.17) is 0 Å². The van der Waals surface area contributed by atoms with Gasteiger partial charge in [0.05, 0.1) is 18.3 Å². The maximum absolute atomic E-state index is 12.3. The molecule has 1 fully saturated rings. The van der Waals surface area contributed by atoms with Crippen LogP contribution < -0.4 is 5.32 Å². The van der Waals surface area contributed by atoms with Crippen LogP contribution in [0.5, 0.6) is 0 Å². The minimum atomic E-state index is -0.154. The van der Waals surface area contributed by atoms with Crippen molar-refractivity contribution < 1.29 is 9.59 Å². The third-order valence-electron chi connectivity index (χ3n) is 4.07. The summed E-state index contributed by atoms with van der Waals surface area (Å²) >= 11 is 0. The molecular formula is C17H21N5O2. The van der Waals surface area contributed by atoms with Crippen molar-refractivity contribution in [2.45, 2.75) is 6.42 Å². The van der Waals surface area contributed by atoms with Crippen LogP contribution in [0.1, 0.15) is 5.56 Å². The van der Waals surface area contributed by atoms with Gasteiger partial charge in [0.15, 0.2) is 0 Å². The van der Waals surface area contributed by atoms with Crippen molar-refractivity contribution in [1.29, 1.82) is 0 Å². The Morgan fingerprint density at radius 1 is 1.08 bits per heavy atom. The van der Waals surface area contributed by atoms with Gasteiger partial charge in [0.1, 0.15) is 0 Å². The number of carbonyl (C=O) groups excluding carboxylic acids is 2. The average molecular weight is 327 g/mol. The Balaban J connectivity index is 1.48. The molecule has 126 valence electrons. The van der Waals surface area contributed by atoms with E-state index in [2.05, 4.69) is 10.4 Å². The van der Waals surface area contributed by atoms with Gasteiger partial charge in [0.2, 0.25) is 5.91 Å². The fraction of sp³-hybridized carbons (Fsp3) is 0.353. The molecular weight excluding hydrogens is 306 g/mol. The first-order chi connectivity index (χ1) is 11.6. The van der Waals surface area contributed by atoms with Gasteiger partial charge in [-0.05, 0) is 5.56 Å². The van der Waals surface area contributed by atoms with Gasteiger partial charge in [-0.1, -0.05) is 30.3 Å². The number of piperazine rings is 1. The second-order valence-corrected chi connectivity index (χ2v) is 5.86. The van der Waals surface area contributed by atoms with Crippen LogP contribution >= 0.6 is 0 Å². The molecule has 24 heavy (non-hydrogen) atoms. The number of hydrogen-bond acceptors (Lipinski definition) is 3. The van der Waals surface area contributed by atoms with Crippen LogP contribution in [0.25, 0.3) is 0 Å². The first kappa shape index (κ1) is 16.0. The van der Waals surface area contributed by atoms with Crippen molar-refractivity contribution >= 4 is 17.6 Å². The summed E-state index contributed by atoms with van der Waals surface area (Å²) in [6.07, 6.45) is 3.76. The van der Waals surface area contributed by atoms with E-state index < -0.39 is 0 Å². The smallest absolute Gasteiger partial charge is 0.322 e. The highest BCUT2D eigenvalue weighted by molar-refractivity contribution is 5.89. The van der Waals surface area contributed by atoms with Crippen molar-refractivity contribution in [2.75, 3.05) is 31.5 Å². The van der Waals surface area contributed by atoms with Gasteiger partial charge < -0.3 is 15.1 Å². The second-order valence-electron chi connectivity index (χ2n) is 5.86. The molecule has 1 aromatic heterocycles. The lowest BCUT2D eigenvalue weighted by molar-refractivity contribution is -0.131. The number of rotatable bonds is 3. The third-order valence-corrected chi connectivity index (χ3v) is 4.07. The summed E-state index contributed by atoms with van der Waals surface area (Å²) < 4.78 is 1.63. The van der Waals surface area contributed by atoms with Gasteiger partial charge in [-0.15, -0.1) is 0 Å². The van der Waals surface area contributed by atoms with Crippen LogP contribution in [-0.4, -0.2) is 57.7 Å². The molecule has 2 aromatic rings. The van der Waals surface area contributed by atoms with Gasteiger partial charge >= 0.3 is 6.03 Å². The fourth-order valence-corrected chi connectivity index (χ4v) is 2.73. The van der Waals surface area contributed by atoms with E-state index in [9.17, 15) is 9.59 Å². The van der Waals surface area contributed by atoms with Crippen LogP contribution in [0.4, 0.5) is 10.5 Å². The molecule has 0 atom stereocenters. The van der Waals surface area contributed by atoms with E-state index >= 15 is 0 Å². The van der Waals surface area contributed by atoms with Crippen LogP contribution in [-0.2, 0) is 18.3 Å². The number of benzene rings is 1. The maximum Gasteiger partial charge on any atom is 0.322 e. The molecule has 0 spiro atoms. The SMILES string of the molecule is Cn1cc(NC(=O)N2CCN(C(=O)Cc3ccccc3)CC2)cn1. The zero-order chi connectivity index (χ0) is 16.9. The summed E-state index contributed by atoms with van der Waals surface area (Å²) in [6, 6.07) is 9.56. The topological polar surface area (TPSA) is 70.5 Å². The Bertz CT molecular complexity index is 705. The molecule has 0 unspecified atom stereocenters. The lowest BCUT2D eigenvalue weighted by Crippen LogP contribution is -2.52. The summed E-state index contributed by atoms with van der Waals surface area (Å²) in [5.41, 5.74) is 1.68. The largest absolute Gasteiger partial charge is 0.339 e. The number of nitrogens with one attached hydrogen (secondary N) is 1. The highest BCUT2D eigenvalue weighted by Gasteiger charge is 2.24. The molecule has 0 saturated carbocycles. The van der Waals surface area contributed by atoms with Gasteiger partial charge in [0.25, 0.3) is 0 Å². The number of anilines is 1. The molecule has 3 amide bonds. The molecule has 7 heteroatoms. The normalized spacial score (nSPS) is 14.5. The number of nitrogens with zero attached hydrogens (tertiary/aromatic N) is 4. The molecule has 1 aliphatic heterocycles. The predicted molar refractivity (Wildman–Crippen MR) is 90.5 cm³/mol. The monoisotopic (exact) mass is 327 g/mol. The Hall–Kier alpha value is -2.83. The molecule has 0 radical (unpaired) electrons. The van der Waals surface area contributed by atoms with Gasteiger partial charge in [0, 0.05) is 39.4 Å². The predicted octanol–water partition coefficient (Wildman–Crippen LogP) is 1.34. The number of amides is 3. The van der Waals surface area contributed by atoms with Crippen LogP contribution in [0.2, 0.25) is 0 Å². The van der Waals surface area contributed by atoms with E-state index in [0.717, 1.165) is 5.56 Å². The minimum absolute atomic E-state index is 0.105. The second kappa shape index (κ2) is 7.16. The van der Waals surface area contributed by atoms with E-state index in [1.807, 2.05) is 35.2 Å². The fourth-order valence-electron chi connectivity index (χ4n) is 2.73. The highest BCUT2D eigenvalue weighted by atomic mass is 16.2. The number of aromatic nitrogens is 2. The van der Waals surface area contributed by atoms with Crippen molar-refractivity contribution in [2.24, 2.45) is 7.05 Å². The lowest BCUT2D eigenvalue weighted by atomic mass is 10.1. The zero-order valence-electron chi connectivity index (χ0n) is 13.7. The first-order valence-corrected chi connectivity index (χ1v) is 7.98. The van der Waals surface area contributed by atoms with Crippen LogP contribution in [0, 0.1) is 0 Å². The summed E-state index contributed by atoms with van der Waals surface area (Å²) in [4.78, 5) is 28.1. The molecule has 1 aromatic carbocycles. The van der Waals surface area contributed by atoms with Crippen LogP contribution in [0.15, 0.2) is 42.7 Å².